The Labute approximate surface area is 100 Å². The molecule has 0 N–H and O–H groups in total. The van der Waals surface area contributed by atoms with Gasteiger partial charge < -0.3 is 4.57 Å². The first-order valence-corrected chi connectivity index (χ1v) is 5.89. The summed E-state index contributed by atoms with van der Waals surface area (Å²) in [7, 11) is 0. The van der Waals surface area contributed by atoms with E-state index in [-0.39, 0.29) is 11.7 Å². The van der Waals surface area contributed by atoms with Gasteiger partial charge in [-0.15, -0.1) is 0 Å². The van der Waals surface area contributed by atoms with Gasteiger partial charge in [-0.1, -0.05) is 0 Å². The van der Waals surface area contributed by atoms with Crippen molar-refractivity contribution in [3.8, 4) is 0 Å². The second-order valence-corrected chi connectivity index (χ2v) is 4.38. The highest BCUT2D eigenvalue weighted by molar-refractivity contribution is 5.00. The minimum atomic E-state index is 0.0313. The number of hydrogen-bond donors (Lipinski definition) is 0. The Morgan fingerprint density at radius 3 is 2.65 bits per heavy atom. The highest BCUT2D eigenvalue weighted by Gasteiger charge is 2.08. The van der Waals surface area contributed by atoms with Crippen molar-refractivity contribution >= 4 is 0 Å². The lowest BCUT2D eigenvalue weighted by Gasteiger charge is -2.06. The van der Waals surface area contributed by atoms with Crippen molar-refractivity contribution in [3.63, 3.8) is 0 Å². The average molecular weight is 234 g/mol. The quantitative estimate of drug-likeness (QED) is 0.804. The molecule has 0 unspecified atom stereocenters. The van der Waals surface area contributed by atoms with Crippen molar-refractivity contribution in [1.82, 2.24) is 18.7 Å². The topological polar surface area (TPSA) is 44.8 Å². The monoisotopic (exact) mass is 234 g/mol. The van der Waals surface area contributed by atoms with Gasteiger partial charge in [-0.2, -0.15) is 0 Å². The van der Waals surface area contributed by atoms with Crippen LogP contribution >= 0.6 is 0 Å². The van der Waals surface area contributed by atoms with E-state index in [0.29, 0.717) is 6.54 Å². The molecule has 0 saturated heterocycles. The van der Waals surface area contributed by atoms with Crippen LogP contribution in [0.15, 0.2) is 29.7 Å². The molecule has 0 saturated carbocycles. The van der Waals surface area contributed by atoms with E-state index in [1.165, 1.54) is 0 Å². The van der Waals surface area contributed by atoms with Crippen molar-refractivity contribution in [2.45, 2.75) is 39.9 Å². The molecule has 0 fully saturated rings. The maximum atomic E-state index is 12.0. The van der Waals surface area contributed by atoms with E-state index in [1.807, 2.05) is 37.0 Å². The lowest BCUT2D eigenvalue weighted by atomic mass is 10.4. The molecule has 2 aromatic heterocycles. The third kappa shape index (κ3) is 2.18. The van der Waals surface area contributed by atoms with Crippen molar-refractivity contribution in [2.75, 3.05) is 0 Å². The van der Waals surface area contributed by atoms with Crippen LogP contribution in [0.4, 0.5) is 0 Å². The van der Waals surface area contributed by atoms with Crippen LogP contribution in [0.5, 0.6) is 0 Å². The van der Waals surface area contributed by atoms with E-state index in [1.54, 1.807) is 15.5 Å². The Kier molecular flexibility index (Phi) is 3.17. The molecular weight excluding hydrogens is 216 g/mol. The summed E-state index contributed by atoms with van der Waals surface area (Å²) in [6.07, 6.45) is 7.26. The van der Waals surface area contributed by atoms with E-state index in [4.69, 9.17) is 0 Å². The van der Waals surface area contributed by atoms with Gasteiger partial charge in [0, 0.05) is 31.2 Å². The number of aromatic nitrogens is 4. The Bertz CT molecular complexity index is 547. The predicted molar refractivity (Wildman–Crippen MR) is 66.1 cm³/mol. The maximum absolute atomic E-state index is 12.0. The van der Waals surface area contributed by atoms with Crippen LogP contribution < -0.4 is 5.69 Å². The van der Waals surface area contributed by atoms with Crippen molar-refractivity contribution in [3.05, 3.63) is 41.1 Å². The fourth-order valence-electron chi connectivity index (χ4n) is 1.88. The van der Waals surface area contributed by atoms with Crippen LogP contribution in [0.25, 0.3) is 0 Å². The van der Waals surface area contributed by atoms with Gasteiger partial charge in [-0.25, -0.2) is 9.78 Å². The molecule has 0 atom stereocenters. The van der Waals surface area contributed by atoms with E-state index in [9.17, 15) is 4.79 Å². The molecule has 0 bridgehead atoms. The van der Waals surface area contributed by atoms with Gasteiger partial charge in [0.25, 0.3) is 0 Å². The zero-order valence-electron chi connectivity index (χ0n) is 10.5. The summed E-state index contributed by atoms with van der Waals surface area (Å²) in [6, 6.07) is 0.194. The van der Waals surface area contributed by atoms with Crippen molar-refractivity contribution < 1.29 is 0 Å². The molecule has 2 heterocycles. The van der Waals surface area contributed by atoms with Gasteiger partial charge in [-0.05, 0) is 20.8 Å². The number of imidazole rings is 2. The Morgan fingerprint density at radius 1 is 1.29 bits per heavy atom. The third-order valence-electron chi connectivity index (χ3n) is 2.90. The SMILES string of the molecule is CCn1cncc1Cn1ccn(C(C)C)c1=O. The van der Waals surface area contributed by atoms with Gasteiger partial charge in [0.2, 0.25) is 0 Å². The predicted octanol–water partition coefficient (Wildman–Crippen LogP) is 1.50. The van der Waals surface area contributed by atoms with Crippen molar-refractivity contribution in [1.29, 1.82) is 0 Å². The Hall–Kier alpha value is -1.78. The van der Waals surface area contributed by atoms with Gasteiger partial charge in [0.15, 0.2) is 0 Å². The van der Waals surface area contributed by atoms with Crippen LogP contribution in [0.3, 0.4) is 0 Å². The van der Waals surface area contributed by atoms with Crippen LogP contribution in [-0.2, 0) is 13.1 Å². The molecule has 0 radical (unpaired) electrons. The molecule has 0 aromatic carbocycles. The number of nitrogens with zero attached hydrogens (tertiary/aromatic N) is 4. The molecule has 0 aliphatic rings. The second-order valence-electron chi connectivity index (χ2n) is 4.38. The molecule has 0 aliphatic heterocycles. The lowest BCUT2D eigenvalue weighted by Crippen LogP contribution is -2.26. The first-order chi connectivity index (χ1) is 8.13. The minimum Gasteiger partial charge on any atom is -0.333 e. The average Bonchev–Trinajstić information content (AvgIpc) is 2.87. The van der Waals surface area contributed by atoms with E-state index < -0.39 is 0 Å². The van der Waals surface area contributed by atoms with Crippen LogP contribution in [-0.4, -0.2) is 18.7 Å². The summed E-state index contributed by atoms with van der Waals surface area (Å²) in [6.45, 7) is 7.51. The molecule has 2 rings (SSSR count). The molecule has 5 heteroatoms. The standard InChI is InChI=1S/C12H18N4O/c1-4-14-9-13-7-11(14)8-15-5-6-16(10(2)3)12(15)17/h5-7,9-10H,4,8H2,1-3H3. The van der Waals surface area contributed by atoms with Gasteiger partial charge in [0.05, 0.1) is 18.6 Å². The fourth-order valence-corrected chi connectivity index (χ4v) is 1.88. The largest absolute Gasteiger partial charge is 0.333 e. The first kappa shape index (κ1) is 11.7. The molecule has 2 aromatic rings. The molecule has 17 heavy (non-hydrogen) atoms. The molecule has 0 amide bonds. The summed E-state index contributed by atoms with van der Waals surface area (Å²) >= 11 is 0. The molecule has 0 aliphatic carbocycles. The summed E-state index contributed by atoms with van der Waals surface area (Å²) in [5.74, 6) is 0. The Morgan fingerprint density at radius 2 is 2.06 bits per heavy atom. The zero-order chi connectivity index (χ0) is 12.4. The Balaban J connectivity index is 2.28. The summed E-state index contributed by atoms with van der Waals surface area (Å²) in [5.41, 5.74) is 1.08. The van der Waals surface area contributed by atoms with Gasteiger partial charge in [-0.3, -0.25) is 9.13 Å². The minimum absolute atomic E-state index is 0.0313. The van der Waals surface area contributed by atoms with Crippen LogP contribution in [0.2, 0.25) is 0 Å². The van der Waals surface area contributed by atoms with Gasteiger partial charge in [0.1, 0.15) is 0 Å². The highest BCUT2D eigenvalue weighted by atomic mass is 16.1. The van der Waals surface area contributed by atoms with Crippen LogP contribution in [0, 0.1) is 0 Å². The van der Waals surface area contributed by atoms with E-state index in [0.717, 1.165) is 12.2 Å². The molecule has 92 valence electrons. The second kappa shape index (κ2) is 4.61. The number of rotatable bonds is 4. The third-order valence-corrected chi connectivity index (χ3v) is 2.90. The molecule has 5 nitrogen and oxygen atoms in total. The summed E-state index contributed by atoms with van der Waals surface area (Å²) < 4.78 is 5.48. The molecule has 0 spiro atoms. The number of hydrogen-bond acceptors (Lipinski definition) is 2. The number of aryl methyl sites for hydroxylation is 1. The summed E-state index contributed by atoms with van der Waals surface area (Å²) in [5, 5.41) is 0. The highest BCUT2D eigenvalue weighted by Crippen LogP contribution is 2.03. The maximum Gasteiger partial charge on any atom is 0.328 e. The zero-order valence-corrected chi connectivity index (χ0v) is 10.5. The van der Waals surface area contributed by atoms with E-state index in [2.05, 4.69) is 11.9 Å². The van der Waals surface area contributed by atoms with Crippen LogP contribution in [0.1, 0.15) is 32.5 Å². The lowest BCUT2D eigenvalue weighted by molar-refractivity contribution is 0.555. The van der Waals surface area contributed by atoms with Crippen molar-refractivity contribution in [2.24, 2.45) is 0 Å². The van der Waals surface area contributed by atoms with Gasteiger partial charge >= 0.3 is 5.69 Å². The van der Waals surface area contributed by atoms with E-state index >= 15 is 0 Å². The molecular formula is C12H18N4O. The smallest absolute Gasteiger partial charge is 0.328 e. The normalized spacial score (nSPS) is 11.3. The fraction of sp³-hybridized carbons (Fsp3) is 0.500. The first-order valence-electron chi connectivity index (χ1n) is 5.89. The summed E-state index contributed by atoms with van der Waals surface area (Å²) in [4.78, 5) is 16.1.